The fourth-order valence-corrected chi connectivity index (χ4v) is 3.16. The number of benzene rings is 1. The molecule has 2 aliphatic rings. The van der Waals surface area contributed by atoms with E-state index in [4.69, 9.17) is 4.74 Å². The van der Waals surface area contributed by atoms with Crippen LogP contribution in [-0.2, 0) is 14.3 Å². The van der Waals surface area contributed by atoms with Gasteiger partial charge < -0.3 is 15.0 Å². The fourth-order valence-electron chi connectivity index (χ4n) is 3.16. The predicted molar refractivity (Wildman–Crippen MR) is 85.8 cm³/mol. The van der Waals surface area contributed by atoms with Gasteiger partial charge >= 0.3 is 0 Å². The van der Waals surface area contributed by atoms with E-state index in [1.54, 1.807) is 4.90 Å². The summed E-state index contributed by atoms with van der Waals surface area (Å²) < 4.78 is 6.02. The van der Waals surface area contributed by atoms with E-state index >= 15 is 0 Å². The number of piperazine rings is 1. The third-order valence-corrected chi connectivity index (χ3v) is 4.26. The Morgan fingerprint density at radius 3 is 2.83 bits per heavy atom. The van der Waals surface area contributed by atoms with Gasteiger partial charge in [-0.05, 0) is 12.5 Å². The molecule has 0 radical (unpaired) electrons. The first-order valence-corrected chi connectivity index (χ1v) is 8.09. The molecule has 2 saturated heterocycles. The third-order valence-electron chi connectivity index (χ3n) is 4.26. The molecule has 1 aromatic rings. The highest BCUT2D eigenvalue weighted by atomic mass is 16.5. The minimum absolute atomic E-state index is 0.0146. The molecule has 1 aromatic carbocycles. The molecule has 0 aliphatic carbocycles. The number of ether oxygens (including phenoxy) is 1. The first-order chi connectivity index (χ1) is 11.1. The Kier molecular flexibility index (Phi) is 4.93. The second kappa shape index (κ2) is 7.10. The first kappa shape index (κ1) is 16.0. The largest absolute Gasteiger partial charge is 0.368 e. The summed E-state index contributed by atoms with van der Waals surface area (Å²) in [5.74, 6) is -0.0668. The van der Waals surface area contributed by atoms with E-state index < -0.39 is 0 Å². The summed E-state index contributed by atoms with van der Waals surface area (Å²) in [5.41, 5.74) is 1.13. The summed E-state index contributed by atoms with van der Waals surface area (Å²) in [4.78, 5) is 27.6. The van der Waals surface area contributed by atoms with Crippen LogP contribution in [0, 0.1) is 0 Å². The number of nitrogens with one attached hydrogen (secondary N) is 1. The molecule has 124 valence electrons. The van der Waals surface area contributed by atoms with Crippen LogP contribution in [0.3, 0.4) is 0 Å². The number of morpholine rings is 1. The molecular weight excluding hydrogens is 294 g/mol. The van der Waals surface area contributed by atoms with Crippen LogP contribution >= 0.6 is 0 Å². The highest BCUT2D eigenvalue weighted by Crippen LogP contribution is 2.24. The minimum atomic E-state index is -0.0814. The van der Waals surface area contributed by atoms with Crippen molar-refractivity contribution in [2.24, 2.45) is 0 Å². The summed E-state index contributed by atoms with van der Waals surface area (Å²) in [7, 11) is 0. The Labute approximate surface area is 136 Å². The van der Waals surface area contributed by atoms with Crippen LogP contribution < -0.4 is 5.32 Å². The van der Waals surface area contributed by atoms with Gasteiger partial charge in [0.25, 0.3) is 0 Å². The van der Waals surface area contributed by atoms with E-state index in [1.807, 2.05) is 25.1 Å². The van der Waals surface area contributed by atoms with E-state index in [2.05, 4.69) is 22.3 Å². The summed E-state index contributed by atoms with van der Waals surface area (Å²) >= 11 is 0. The average Bonchev–Trinajstić information content (AvgIpc) is 2.55. The van der Waals surface area contributed by atoms with Gasteiger partial charge in [0.15, 0.2) is 0 Å². The van der Waals surface area contributed by atoms with Gasteiger partial charge in [0.05, 0.1) is 25.3 Å². The van der Waals surface area contributed by atoms with E-state index in [0.717, 1.165) is 12.1 Å². The van der Waals surface area contributed by atoms with E-state index in [1.165, 1.54) is 0 Å². The van der Waals surface area contributed by atoms with Gasteiger partial charge in [-0.2, -0.15) is 0 Å². The highest BCUT2D eigenvalue weighted by Gasteiger charge is 2.29. The zero-order chi connectivity index (χ0) is 16.2. The third kappa shape index (κ3) is 4.09. The zero-order valence-corrected chi connectivity index (χ0v) is 13.4. The van der Waals surface area contributed by atoms with Gasteiger partial charge in [-0.1, -0.05) is 30.3 Å². The lowest BCUT2D eigenvalue weighted by Gasteiger charge is -2.38. The molecule has 2 atom stereocenters. The van der Waals surface area contributed by atoms with Gasteiger partial charge in [0.2, 0.25) is 11.8 Å². The number of rotatable bonds is 3. The molecule has 6 nitrogen and oxygen atoms in total. The summed E-state index contributed by atoms with van der Waals surface area (Å²) in [6, 6.07) is 10.1. The number of carbonyl (C=O) groups excluding carboxylic acids is 2. The molecule has 0 bridgehead atoms. The second-order valence-corrected chi connectivity index (χ2v) is 6.21. The van der Waals surface area contributed by atoms with Crippen LogP contribution in [-0.4, -0.2) is 67.0 Å². The second-order valence-electron chi connectivity index (χ2n) is 6.21. The van der Waals surface area contributed by atoms with Crippen LogP contribution in [0.5, 0.6) is 0 Å². The standard InChI is InChI=1S/C17H23N3O3/c1-13-9-19(10-15(23-13)14-5-3-2-4-6-14)12-17(22)20-8-7-18-16(21)11-20/h2-6,13,15H,7-12H2,1H3,(H,18,21)/t13-,15+/m1/s1. The summed E-state index contributed by atoms with van der Waals surface area (Å²) in [5, 5.41) is 2.74. The van der Waals surface area contributed by atoms with Crippen LogP contribution in [0.4, 0.5) is 0 Å². The van der Waals surface area contributed by atoms with Crippen molar-refractivity contribution in [3.8, 4) is 0 Å². The molecule has 2 amide bonds. The van der Waals surface area contributed by atoms with Crippen molar-refractivity contribution in [1.82, 2.24) is 15.1 Å². The smallest absolute Gasteiger partial charge is 0.239 e. The van der Waals surface area contributed by atoms with Gasteiger partial charge in [0.1, 0.15) is 0 Å². The monoisotopic (exact) mass is 317 g/mol. The minimum Gasteiger partial charge on any atom is -0.368 e. The molecule has 0 unspecified atom stereocenters. The first-order valence-electron chi connectivity index (χ1n) is 8.09. The fraction of sp³-hybridized carbons (Fsp3) is 0.529. The van der Waals surface area contributed by atoms with Crippen LogP contribution in [0.2, 0.25) is 0 Å². The van der Waals surface area contributed by atoms with Gasteiger partial charge in [-0.15, -0.1) is 0 Å². The lowest BCUT2D eigenvalue weighted by atomic mass is 10.1. The molecule has 0 aromatic heterocycles. The maximum atomic E-state index is 12.4. The molecule has 3 rings (SSSR count). The Balaban J connectivity index is 1.61. The van der Waals surface area contributed by atoms with Crippen LogP contribution in [0.25, 0.3) is 0 Å². The maximum absolute atomic E-state index is 12.4. The number of carbonyl (C=O) groups is 2. The van der Waals surface area contributed by atoms with Gasteiger partial charge in [0, 0.05) is 26.2 Å². The predicted octanol–water partition coefficient (Wildman–Crippen LogP) is 0.407. The summed E-state index contributed by atoms with van der Waals surface area (Å²) in [6.45, 7) is 5.09. The van der Waals surface area contributed by atoms with Crippen molar-refractivity contribution in [3.05, 3.63) is 35.9 Å². The van der Waals surface area contributed by atoms with E-state index in [0.29, 0.717) is 26.2 Å². The number of hydrogen-bond acceptors (Lipinski definition) is 4. The molecular formula is C17H23N3O3. The molecule has 2 fully saturated rings. The van der Waals surface area contributed by atoms with Gasteiger partial charge in [-0.25, -0.2) is 0 Å². The van der Waals surface area contributed by atoms with Crippen molar-refractivity contribution in [2.75, 3.05) is 39.3 Å². The maximum Gasteiger partial charge on any atom is 0.239 e. The quantitative estimate of drug-likeness (QED) is 0.877. The van der Waals surface area contributed by atoms with Gasteiger partial charge in [-0.3, -0.25) is 14.5 Å². The lowest BCUT2D eigenvalue weighted by molar-refractivity contribution is -0.142. The van der Waals surface area contributed by atoms with Crippen molar-refractivity contribution in [2.45, 2.75) is 19.1 Å². The number of hydrogen-bond donors (Lipinski definition) is 1. The van der Waals surface area contributed by atoms with E-state index in [-0.39, 0.29) is 30.6 Å². The normalized spacial score (nSPS) is 26.0. The Bertz CT molecular complexity index is 563. The topological polar surface area (TPSA) is 61.9 Å². The van der Waals surface area contributed by atoms with Crippen molar-refractivity contribution in [1.29, 1.82) is 0 Å². The summed E-state index contributed by atoms with van der Waals surface area (Å²) in [6.07, 6.45) is 0.0591. The van der Waals surface area contributed by atoms with Crippen LogP contribution in [0.15, 0.2) is 30.3 Å². The Morgan fingerprint density at radius 1 is 1.30 bits per heavy atom. The molecule has 6 heteroatoms. The molecule has 1 N–H and O–H groups in total. The van der Waals surface area contributed by atoms with Crippen molar-refractivity contribution >= 4 is 11.8 Å². The Morgan fingerprint density at radius 2 is 2.09 bits per heavy atom. The lowest BCUT2D eigenvalue weighted by Crippen LogP contribution is -2.54. The highest BCUT2D eigenvalue weighted by molar-refractivity contribution is 5.86. The number of amides is 2. The molecule has 0 spiro atoms. The SMILES string of the molecule is C[C@@H]1CN(CC(=O)N2CCNC(=O)C2)C[C@@H](c2ccccc2)O1. The van der Waals surface area contributed by atoms with Crippen molar-refractivity contribution in [3.63, 3.8) is 0 Å². The molecule has 2 aliphatic heterocycles. The molecule has 23 heavy (non-hydrogen) atoms. The molecule has 0 saturated carbocycles. The number of nitrogens with zero attached hydrogens (tertiary/aromatic N) is 2. The average molecular weight is 317 g/mol. The Hall–Kier alpha value is -1.92. The zero-order valence-electron chi connectivity index (χ0n) is 13.4. The molecule has 2 heterocycles. The van der Waals surface area contributed by atoms with Crippen LogP contribution in [0.1, 0.15) is 18.6 Å². The van der Waals surface area contributed by atoms with E-state index in [9.17, 15) is 9.59 Å². The van der Waals surface area contributed by atoms with Crippen molar-refractivity contribution < 1.29 is 14.3 Å².